The number of aromatic nitrogens is 2. The van der Waals surface area contributed by atoms with Gasteiger partial charge in [0.2, 0.25) is 0 Å². The van der Waals surface area contributed by atoms with Crippen LogP contribution in [-0.2, 0) is 0 Å². The van der Waals surface area contributed by atoms with Crippen LogP contribution in [0.15, 0.2) is 22.9 Å². The fourth-order valence-electron chi connectivity index (χ4n) is 1.68. The molecular weight excluding hydrogens is 321 g/mol. The lowest BCUT2D eigenvalue weighted by atomic mass is 10.1. The Morgan fingerprint density at radius 2 is 2.06 bits per heavy atom. The van der Waals surface area contributed by atoms with Crippen molar-refractivity contribution in [1.82, 2.24) is 9.97 Å². The topological polar surface area (TPSA) is 37.8 Å². The highest BCUT2D eigenvalue weighted by atomic mass is 79.9. The lowest BCUT2D eigenvalue weighted by Crippen LogP contribution is -2.00. The Morgan fingerprint density at radius 3 is 2.72 bits per heavy atom. The normalized spacial score (nSPS) is 10.5. The van der Waals surface area contributed by atoms with Gasteiger partial charge in [-0.2, -0.15) is 0 Å². The Morgan fingerprint density at radius 1 is 1.33 bits per heavy atom. The second-order valence-electron chi connectivity index (χ2n) is 3.67. The molecule has 0 unspecified atom stereocenters. The maximum atomic E-state index is 14.1. The van der Waals surface area contributed by atoms with E-state index in [2.05, 4.69) is 31.2 Å². The molecule has 0 saturated carbocycles. The molecule has 0 bridgehead atoms. The number of rotatable bonds is 2. The van der Waals surface area contributed by atoms with E-state index in [4.69, 9.17) is 11.6 Å². The van der Waals surface area contributed by atoms with E-state index in [1.54, 1.807) is 19.2 Å². The predicted molar refractivity (Wildman–Crippen MR) is 74.4 cm³/mol. The van der Waals surface area contributed by atoms with Crippen molar-refractivity contribution >= 4 is 33.3 Å². The molecule has 0 radical (unpaired) electrons. The van der Waals surface area contributed by atoms with Crippen molar-refractivity contribution in [3.63, 3.8) is 0 Å². The summed E-state index contributed by atoms with van der Waals surface area (Å²) in [6, 6.07) is 3.33. The van der Waals surface area contributed by atoms with E-state index in [9.17, 15) is 4.39 Å². The molecule has 0 saturated heterocycles. The maximum Gasteiger partial charge on any atom is 0.152 e. The van der Waals surface area contributed by atoms with Crippen LogP contribution in [0.2, 0.25) is 5.02 Å². The molecule has 0 aliphatic heterocycles. The highest BCUT2D eigenvalue weighted by Crippen LogP contribution is 2.34. The molecular formula is C12H10BrClFN3. The minimum Gasteiger partial charge on any atom is -0.373 e. The van der Waals surface area contributed by atoms with Gasteiger partial charge >= 0.3 is 0 Å². The number of nitrogens with one attached hydrogen (secondary N) is 1. The lowest BCUT2D eigenvalue weighted by molar-refractivity contribution is 0.630. The summed E-state index contributed by atoms with van der Waals surface area (Å²) in [5.41, 5.74) is 1.66. The maximum absolute atomic E-state index is 14.1. The van der Waals surface area contributed by atoms with Gasteiger partial charge in [0.25, 0.3) is 0 Å². The molecule has 0 aliphatic carbocycles. The summed E-state index contributed by atoms with van der Waals surface area (Å²) in [4.78, 5) is 8.19. The van der Waals surface area contributed by atoms with Crippen molar-refractivity contribution in [2.24, 2.45) is 0 Å². The Bertz CT molecular complexity index is 604. The van der Waals surface area contributed by atoms with Crippen LogP contribution in [0.3, 0.4) is 0 Å². The van der Waals surface area contributed by atoms with Gasteiger partial charge in [-0.05, 0) is 35.0 Å². The second-order valence-corrected chi connectivity index (χ2v) is 4.90. The summed E-state index contributed by atoms with van der Waals surface area (Å²) < 4.78 is 14.6. The molecule has 2 rings (SSSR count). The third kappa shape index (κ3) is 2.20. The number of hydrogen-bond acceptors (Lipinski definition) is 3. The third-order valence-electron chi connectivity index (χ3n) is 2.61. The molecule has 0 amide bonds. The van der Waals surface area contributed by atoms with Gasteiger partial charge in [0, 0.05) is 22.6 Å². The molecule has 1 aromatic heterocycles. The molecule has 2 aromatic rings. The van der Waals surface area contributed by atoms with Crippen molar-refractivity contribution in [1.29, 1.82) is 0 Å². The first-order chi connectivity index (χ1) is 8.56. The SMILES string of the molecule is CNc1ncnc(-c2ccc(Br)c(Cl)c2F)c1C. The van der Waals surface area contributed by atoms with Crippen molar-refractivity contribution in [2.45, 2.75) is 6.92 Å². The number of hydrogen-bond donors (Lipinski definition) is 1. The van der Waals surface area contributed by atoms with Crippen molar-refractivity contribution in [2.75, 3.05) is 12.4 Å². The fourth-order valence-corrected chi connectivity index (χ4v) is 2.15. The van der Waals surface area contributed by atoms with Crippen molar-refractivity contribution in [3.05, 3.63) is 39.3 Å². The molecule has 0 aliphatic rings. The molecule has 1 heterocycles. The van der Waals surface area contributed by atoms with Gasteiger partial charge in [0.1, 0.15) is 12.1 Å². The zero-order chi connectivity index (χ0) is 13.3. The second kappa shape index (κ2) is 5.20. The van der Waals surface area contributed by atoms with E-state index in [1.807, 2.05) is 6.92 Å². The Kier molecular flexibility index (Phi) is 3.82. The molecule has 0 atom stereocenters. The first-order valence-electron chi connectivity index (χ1n) is 5.19. The van der Waals surface area contributed by atoms with Gasteiger partial charge in [-0.25, -0.2) is 14.4 Å². The average Bonchev–Trinajstić information content (AvgIpc) is 2.37. The summed E-state index contributed by atoms with van der Waals surface area (Å²) >= 11 is 9.06. The summed E-state index contributed by atoms with van der Waals surface area (Å²) in [5.74, 6) is 0.174. The number of anilines is 1. The monoisotopic (exact) mass is 329 g/mol. The highest BCUT2D eigenvalue weighted by Gasteiger charge is 2.16. The number of nitrogens with zero attached hydrogens (tertiary/aromatic N) is 2. The van der Waals surface area contributed by atoms with Gasteiger partial charge in [0.15, 0.2) is 5.82 Å². The lowest BCUT2D eigenvalue weighted by Gasteiger charge is -2.10. The van der Waals surface area contributed by atoms with E-state index in [0.29, 0.717) is 21.5 Å². The predicted octanol–water partition coefficient (Wildman–Crippen LogP) is 4.05. The third-order valence-corrected chi connectivity index (χ3v) is 3.87. The van der Waals surface area contributed by atoms with Crippen LogP contribution >= 0.6 is 27.5 Å². The fraction of sp³-hybridized carbons (Fsp3) is 0.167. The zero-order valence-corrected chi connectivity index (χ0v) is 12.1. The molecule has 94 valence electrons. The molecule has 18 heavy (non-hydrogen) atoms. The van der Waals surface area contributed by atoms with E-state index in [1.165, 1.54) is 6.33 Å². The van der Waals surface area contributed by atoms with Crippen LogP contribution in [-0.4, -0.2) is 17.0 Å². The number of benzene rings is 1. The summed E-state index contributed by atoms with van der Waals surface area (Å²) in [6.07, 6.45) is 1.39. The minimum absolute atomic E-state index is 0.0523. The van der Waals surface area contributed by atoms with Gasteiger partial charge in [0.05, 0.1) is 10.7 Å². The molecule has 0 spiro atoms. The number of halogens is 3. The van der Waals surface area contributed by atoms with Gasteiger partial charge < -0.3 is 5.32 Å². The minimum atomic E-state index is -0.491. The smallest absolute Gasteiger partial charge is 0.152 e. The summed E-state index contributed by atoms with van der Waals surface area (Å²) in [5, 5.41) is 2.99. The van der Waals surface area contributed by atoms with Crippen LogP contribution in [0, 0.1) is 12.7 Å². The molecule has 1 aromatic carbocycles. The van der Waals surface area contributed by atoms with Crippen LogP contribution < -0.4 is 5.32 Å². The first-order valence-corrected chi connectivity index (χ1v) is 6.36. The van der Waals surface area contributed by atoms with Gasteiger partial charge in [-0.3, -0.25) is 0 Å². The largest absolute Gasteiger partial charge is 0.373 e. The highest BCUT2D eigenvalue weighted by molar-refractivity contribution is 9.10. The van der Waals surface area contributed by atoms with Gasteiger partial charge in [-0.15, -0.1) is 0 Å². The summed E-state index contributed by atoms with van der Waals surface area (Å²) in [7, 11) is 1.75. The summed E-state index contributed by atoms with van der Waals surface area (Å²) in [6.45, 7) is 1.83. The van der Waals surface area contributed by atoms with E-state index >= 15 is 0 Å². The van der Waals surface area contributed by atoms with Gasteiger partial charge in [-0.1, -0.05) is 11.6 Å². The van der Waals surface area contributed by atoms with Crippen LogP contribution in [0.5, 0.6) is 0 Å². The Balaban J connectivity index is 2.66. The van der Waals surface area contributed by atoms with Crippen LogP contribution in [0.1, 0.15) is 5.56 Å². The van der Waals surface area contributed by atoms with E-state index in [0.717, 1.165) is 5.56 Å². The molecule has 6 heteroatoms. The Labute approximate surface area is 118 Å². The molecule has 3 nitrogen and oxygen atoms in total. The van der Waals surface area contributed by atoms with E-state index in [-0.39, 0.29) is 5.02 Å². The zero-order valence-electron chi connectivity index (χ0n) is 9.76. The quantitative estimate of drug-likeness (QED) is 0.844. The molecule has 1 N–H and O–H groups in total. The first kappa shape index (κ1) is 13.2. The average molecular weight is 331 g/mol. The van der Waals surface area contributed by atoms with E-state index < -0.39 is 5.82 Å². The van der Waals surface area contributed by atoms with Crippen molar-refractivity contribution < 1.29 is 4.39 Å². The Hall–Kier alpha value is -1.20. The van der Waals surface area contributed by atoms with Crippen molar-refractivity contribution in [3.8, 4) is 11.3 Å². The van der Waals surface area contributed by atoms with Crippen LogP contribution in [0.25, 0.3) is 11.3 Å². The standard InChI is InChI=1S/C12H10BrClFN3/c1-6-11(17-5-18-12(6)16-2)7-3-4-8(13)9(14)10(7)15/h3-5H,1-2H3,(H,16,17,18). The van der Waals surface area contributed by atoms with Crippen LogP contribution in [0.4, 0.5) is 10.2 Å². The molecule has 0 fully saturated rings.